The Morgan fingerprint density at radius 3 is 2.72 bits per heavy atom. The van der Waals surface area contributed by atoms with Gasteiger partial charge < -0.3 is 5.73 Å². The zero-order valence-corrected chi connectivity index (χ0v) is 12.4. The zero-order valence-electron chi connectivity index (χ0n) is 11.7. The van der Waals surface area contributed by atoms with Gasteiger partial charge in [-0.1, -0.05) is 24.9 Å². The minimum atomic E-state index is 0.241. The van der Waals surface area contributed by atoms with Crippen LogP contribution < -0.4 is 5.73 Å². The summed E-state index contributed by atoms with van der Waals surface area (Å²) in [4.78, 5) is 0. The number of nitrogens with zero attached hydrogens (tertiary/aromatic N) is 2. The number of hydrogen-bond donors (Lipinski definition) is 1. The van der Waals surface area contributed by atoms with Gasteiger partial charge in [-0.2, -0.15) is 5.10 Å². The molecule has 0 amide bonds. The molecule has 1 heterocycles. The van der Waals surface area contributed by atoms with Gasteiger partial charge in [0.2, 0.25) is 0 Å². The highest BCUT2D eigenvalue weighted by Crippen LogP contribution is 2.45. The third-order valence-corrected chi connectivity index (χ3v) is 5.11. The summed E-state index contributed by atoms with van der Waals surface area (Å²) >= 11 is 6.36. The number of aryl methyl sites for hydroxylation is 2. The second-order valence-electron chi connectivity index (χ2n) is 5.87. The first kappa shape index (κ1) is 13.9. The molecule has 0 bridgehead atoms. The van der Waals surface area contributed by atoms with Crippen molar-refractivity contribution in [2.75, 3.05) is 6.54 Å². The lowest BCUT2D eigenvalue weighted by atomic mass is 9.80. The Labute approximate surface area is 115 Å². The maximum Gasteiger partial charge on any atom is 0.0847 e. The Kier molecular flexibility index (Phi) is 4.02. The maximum atomic E-state index is 6.36. The monoisotopic (exact) mass is 269 g/mol. The topological polar surface area (TPSA) is 43.8 Å². The largest absolute Gasteiger partial charge is 0.330 e. The number of hydrogen-bond acceptors (Lipinski definition) is 2. The Bertz CT molecular complexity index is 427. The highest BCUT2D eigenvalue weighted by atomic mass is 35.5. The normalized spacial score (nSPS) is 27.9. The standard InChI is InChI=1S/C14H24ClN3/c1-4-11-5-6-14(7-11,9-16)8-12-13(15)10(2)17-18(12)3/h11H,4-9,16H2,1-3H3. The molecule has 0 saturated heterocycles. The van der Waals surface area contributed by atoms with E-state index in [4.69, 9.17) is 17.3 Å². The molecule has 1 fully saturated rings. The van der Waals surface area contributed by atoms with Crippen LogP contribution in [0, 0.1) is 18.3 Å². The van der Waals surface area contributed by atoms with Crippen molar-refractivity contribution in [1.29, 1.82) is 0 Å². The molecule has 0 aromatic carbocycles. The van der Waals surface area contributed by atoms with Crippen molar-refractivity contribution >= 4 is 11.6 Å². The van der Waals surface area contributed by atoms with Crippen LogP contribution >= 0.6 is 11.6 Å². The highest BCUT2D eigenvalue weighted by molar-refractivity contribution is 6.31. The molecule has 1 aliphatic rings. The molecule has 2 atom stereocenters. The maximum absolute atomic E-state index is 6.36. The van der Waals surface area contributed by atoms with E-state index in [2.05, 4.69) is 12.0 Å². The van der Waals surface area contributed by atoms with Crippen molar-refractivity contribution in [2.24, 2.45) is 24.1 Å². The van der Waals surface area contributed by atoms with Gasteiger partial charge in [-0.25, -0.2) is 0 Å². The van der Waals surface area contributed by atoms with Crippen LogP contribution in [0.15, 0.2) is 0 Å². The van der Waals surface area contributed by atoms with Crippen molar-refractivity contribution in [1.82, 2.24) is 9.78 Å². The van der Waals surface area contributed by atoms with Crippen LogP contribution in [-0.2, 0) is 13.5 Å². The van der Waals surface area contributed by atoms with E-state index in [9.17, 15) is 0 Å². The van der Waals surface area contributed by atoms with Crippen LogP contribution in [0.2, 0.25) is 5.02 Å². The summed E-state index contributed by atoms with van der Waals surface area (Å²) in [7, 11) is 1.98. The van der Waals surface area contributed by atoms with E-state index in [0.717, 1.165) is 35.3 Å². The Balaban J connectivity index is 2.21. The van der Waals surface area contributed by atoms with Crippen LogP contribution in [0.25, 0.3) is 0 Å². The first-order chi connectivity index (χ1) is 8.51. The lowest BCUT2D eigenvalue weighted by Crippen LogP contribution is -2.31. The van der Waals surface area contributed by atoms with Crippen molar-refractivity contribution in [3.63, 3.8) is 0 Å². The molecule has 0 spiro atoms. The second-order valence-corrected chi connectivity index (χ2v) is 6.25. The van der Waals surface area contributed by atoms with E-state index < -0.39 is 0 Å². The second kappa shape index (κ2) is 5.22. The Hall–Kier alpha value is -0.540. The van der Waals surface area contributed by atoms with E-state index in [1.165, 1.54) is 25.7 Å². The van der Waals surface area contributed by atoms with Crippen LogP contribution in [0.4, 0.5) is 0 Å². The van der Waals surface area contributed by atoms with Crippen molar-refractivity contribution < 1.29 is 0 Å². The Morgan fingerprint density at radius 2 is 2.28 bits per heavy atom. The lowest BCUT2D eigenvalue weighted by molar-refractivity contribution is 0.284. The summed E-state index contributed by atoms with van der Waals surface area (Å²) in [5, 5.41) is 5.23. The summed E-state index contributed by atoms with van der Waals surface area (Å²) < 4.78 is 1.92. The van der Waals surface area contributed by atoms with Gasteiger partial charge in [0.1, 0.15) is 0 Å². The van der Waals surface area contributed by atoms with Gasteiger partial charge in [-0.05, 0) is 50.5 Å². The van der Waals surface area contributed by atoms with Gasteiger partial charge in [0.05, 0.1) is 16.4 Å². The van der Waals surface area contributed by atoms with Crippen LogP contribution in [0.3, 0.4) is 0 Å². The first-order valence-electron chi connectivity index (χ1n) is 6.89. The van der Waals surface area contributed by atoms with Gasteiger partial charge in [0.15, 0.2) is 0 Å². The summed E-state index contributed by atoms with van der Waals surface area (Å²) in [6.07, 6.45) is 6.00. The predicted octanol–water partition coefficient (Wildman–Crippen LogP) is 3.08. The number of aromatic nitrogens is 2. The molecule has 1 saturated carbocycles. The summed E-state index contributed by atoms with van der Waals surface area (Å²) in [5.41, 5.74) is 8.38. The smallest absolute Gasteiger partial charge is 0.0847 e. The third kappa shape index (κ3) is 2.43. The fraction of sp³-hybridized carbons (Fsp3) is 0.786. The molecular formula is C14H24ClN3. The molecular weight excluding hydrogens is 246 g/mol. The first-order valence-corrected chi connectivity index (χ1v) is 7.27. The minimum Gasteiger partial charge on any atom is -0.330 e. The molecule has 0 aliphatic heterocycles. The SMILES string of the molecule is CCC1CCC(CN)(Cc2c(Cl)c(C)nn2C)C1. The van der Waals surface area contributed by atoms with E-state index in [0.29, 0.717) is 0 Å². The summed E-state index contributed by atoms with van der Waals surface area (Å²) in [5.74, 6) is 0.835. The Morgan fingerprint density at radius 1 is 1.56 bits per heavy atom. The van der Waals surface area contributed by atoms with Gasteiger partial charge in [-0.15, -0.1) is 0 Å². The minimum absolute atomic E-state index is 0.241. The van der Waals surface area contributed by atoms with Crippen LogP contribution in [-0.4, -0.2) is 16.3 Å². The summed E-state index contributed by atoms with van der Waals surface area (Å²) in [6, 6.07) is 0. The molecule has 3 nitrogen and oxygen atoms in total. The fourth-order valence-electron chi connectivity index (χ4n) is 3.32. The van der Waals surface area contributed by atoms with Gasteiger partial charge in [0.25, 0.3) is 0 Å². The quantitative estimate of drug-likeness (QED) is 0.913. The lowest BCUT2D eigenvalue weighted by Gasteiger charge is -2.28. The van der Waals surface area contributed by atoms with E-state index in [-0.39, 0.29) is 5.41 Å². The van der Waals surface area contributed by atoms with E-state index >= 15 is 0 Å². The molecule has 0 radical (unpaired) electrons. The third-order valence-electron chi connectivity index (χ3n) is 4.62. The fourth-order valence-corrected chi connectivity index (χ4v) is 3.55. The molecule has 1 aromatic heterocycles. The summed E-state index contributed by atoms with van der Waals surface area (Å²) in [6.45, 7) is 4.99. The van der Waals surface area contributed by atoms with Crippen molar-refractivity contribution in [3.05, 3.63) is 16.4 Å². The van der Waals surface area contributed by atoms with Crippen molar-refractivity contribution in [2.45, 2.75) is 46.0 Å². The number of rotatable bonds is 4. The highest BCUT2D eigenvalue weighted by Gasteiger charge is 2.38. The van der Waals surface area contributed by atoms with E-state index in [1.807, 2.05) is 18.7 Å². The predicted molar refractivity (Wildman–Crippen MR) is 75.8 cm³/mol. The van der Waals surface area contributed by atoms with E-state index in [1.54, 1.807) is 0 Å². The number of nitrogens with two attached hydrogens (primary N) is 1. The van der Waals surface area contributed by atoms with Gasteiger partial charge in [0, 0.05) is 7.05 Å². The van der Waals surface area contributed by atoms with Gasteiger partial charge >= 0.3 is 0 Å². The van der Waals surface area contributed by atoms with Gasteiger partial charge in [-0.3, -0.25) is 4.68 Å². The van der Waals surface area contributed by atoms with Crippen LogP contribution in [0.5, 0.6) is 0 Å². The molecule has 1 aromatic rings. The molecule has 4 heteroatoms. The van der Waals surface area contributed by atoms with Crippen molar-refractivity contribution in [3.8, 4) is 0 Å². The average molecular weight is 270 g/mol. The van der Waals surface area contributed by atoms with Crippen LogP contribution in [0.1, 0.15) is 44.0 Å². The average Bonchev–Trinajstić information content (AvgIpc) is 2.88. The molecule has 2 rings (SSSR count). The molecule has 1 aliphatic carbocycles. The molecule has 2 N–H and O–H groups in total. The molecule has 102 valence electrons. The number of halogens is 1. The molecule has 18 heavy (non-hydrogen) atoms. The molecule has 2 unspecified atom stereocenters. The zero-order chi connectivity index (χ0) is 13.3.